The Hall–Kier alpha value is -2.02. The van der Waals surface area contributed by atoms with Gasteiger partial charge in [-0.15, -0.1) is 0 Å². The van der Waals surface area contributed by atoms with Crippen LogP contribution in [0.5, 0.6) is 5.75 Å². The molecule has 14 heavy (non-hydrogen) atoms. The highest BCUT2D eigenvalue weighted by molar-refractivity contribution is 5.84. The van der Waals surface area contributed by atoms with Crippen LogP contribution in [0.3, 0.4) is 0 Å². The monoisotopic (exact) mass is 190 g/mol. The summed E-state index contributed by atoms with van der Waals surface area (Å²) in [5.41, 5.74) is 1.37. The van der Waals surface area contributed by atoms with Crippen LogP contribution in [0.25, 0.3) is 10.9 Å². The van der Waals surface area contributed by atoms with E-state index < -0.39 is 5.82 Å². The molecule has 2 aromatic rings. The number of rotatable bonds is 1. The fraction of sp³-hybridized carbons (Fsp3) is 0.100. The van der Waals surface area contributed by atoms with Gasteiger partial charge in [0, 0.05) is 23.2 Å². The average molecular weight is 190 g/mol. The average Bonchev–Trinajstić information content (AvgIpc) is 2.51. The number of aromatic hydroxyl groups is 1. The first-order valence-corrected chi connectivity index (χ1v) is 4.08. The lowest BCUT2D eigenvalue weighted by Gasteiger charge is -1.96. The Bertz CT molecular complexity index is 525. The van der Waals surface area contributed by atoms with Crippen LogP contribution in [0.15, 0.2) is 18.3 Å². The van der Waals surface area contributed by atoms with Crippen molar-refractivity contribution >= 4 is 10.9 Å². The fourth-order valence-electron chi connectivity index (χ4n) is 1.42. The number of benzene rings is 1. The summed E-state index contributed by atoms with van der Waals surface area (Å²) in [6, 6.07) is 4.53. The number of H-pyrrole nitrogens is 1. The highest BCUT2D eigenvalue weighted by atomic mass is 19.1. The van der Waals surface area contributed by atoms with Crippen LogP contribution >= 0.6 is 0 Å². The van der Waals surface area contributed by atoms with Crippen LogP contribution in [0, 0.1) is 17.1 Å². The molecule has 1 heterocycles. The third kappa shape index (κ3) is 1.19. The van der Waals surface area contributed by atoms with Gasteiger partial charge in [-0.1, -0.05) is 0 Å². The van der Waals surface area contributed by atoms with E-state index in [4.69, 9.17) is 10.4 Å². The number of nitrogens with zero attached hydrogens (tertiary/aromatic N) is 1. The Morgan fingerprint density at radius 2 is 2.29 bits per heavy atom. The summed E-state index contributed by atoms with van der Waals surface area (Å²) in [6.07, 6.45) is 1.87. The first-order valence-electron chi connectivity index (χ1n) is 4.08. The van der Waals surface area contributed by atoms with Gasteiger partial charge < -0.3 is 10.1 Å². The molecule has 2 rings (SSSR count). The van der Waals surface area contributed by atoms with Gasteiger partial charge in [0.2, 0.25) is 0 Å². The number of phenolic OH excluding ortho intramolecular Hbond substituents is 1. The van der Waals surface area contributed by atoms with Crippen molar-refractivity contribution in [3.63, 3.8) is 0 Å². The predicted octanol–water partition coefficient (Wildman–Crippen LogP) is 2.08. The number of aromatic amines is 1. The molecule has 0 unspecified atom stereocenters. The lowest BCUT2D eigenvalue weighted by molar-refractivity contribution is 0.433. The zero-order chi connectivity index (χ0) is 10.1. The van der Waals surface area contributed by atoms with Crippen molar-refractivity contribution in [3.05, 3.63) is 29.7 Å². The highest BCUT2D eigenvalue weighted by Gasteiger charge is 2.07. The number of fused-ring (bicyclic) bond motifs is 1. The molecule has 0 aliphatic rings. The quantitative estimate of drug-likeness (QED) is 0.723. The molecule has 1 aromatic carbocycles. The van der Waals surface area contributed by atoms with Crippen molar-refractivity contribution in [2.45, 2.75) is 6.42 Å². The van der Waals surface area contributed by atoms with Crippen LogP contribution in [0.1, 0.15) is 5.56 Å². The first-order chi connectivity index (χ1) is 6.72. The summed E-state index contributed by atoms with van der Waals surface area (Å²) in [5, 5.41) is 18.3. The minimum atomic E-state index is -0.670. The standard InChI is InChI=1S/C10H7FN2O/c11-8-3-7-6(1-2-12)5-13-9(7)4-10(8)14/h3-5,13-14H,1H2. The molecule has 0 amide bonds. The van der Waals surface area contributed by atoms with Crippen LogP contribution in [0.2, 0.25) is 0 Å². The van der Waals surface area contributed by atoms with Crippen molar-refractivity contribution in [2.75, 3.05) is 0 Å². The fourth-order valence-corrected chi connectivity index (χ4v) is 1.42. The first kappa shape index (κ1) is 8.57. The van der Waals surface area contributed by atoms with Crippen molar-refractivity contribution < 1.29 is 9.50 Å². The molecule has 0 spiro atoms. The summed E-state index contributed by atoms with van der Waals surface area (Å²) in [5.74, 6) is -1.06. The van der Waals surface area contributed by atoms with E-state index in [1.165, 1.54) is 12.1 Å². The summed E-state index contributed by atoms with van der Waals surface area (Å²) in [4.78, 5) is 2.86. The molecule has 3 nitrogen and oxygen atoms in total. The zero-order valence-corrected chi connectivity index (χ0v) is 7.21. The number of phenols is 1. The highest BCUT2D eigenvalue weighted by Crippen LogP contribution is 2.25. The maximum atomic E-state index is 13.0. The van der Waals surface area contributed by atoms with Crippen LogP contribution in [-0.2, 0) is 6.42 Å². The van der Waals surface area contributed by atoms with Gasteiger partial charge >= 0.3 is 0 Å². The maximum absolute atomic E-state index is 13.0. The topological polar surface area (TPSA) is 59.8 Å². The summed E-state index contributed by atoms with van der Waals surface area (Å²) in [7, 11) is 0. The Balaban J connectivity index is 2.69. The van der Waals surface area contributed by atoms with Crippen molar-refractivity contribution in [3.8, 4) is 11.8 Å². The second-order valence-corrected chi connectivity index (χ2v) is 3.00. The van der Waals surface area contributed by atoms with E-state index in [1.54, 1.807) is 6.20 Å². The number of nitrogens with one attached hydrogen (secondary N) is 1. The zero-order valence-electron chi connectivity index (χ0n) is 7.21. The third-order valence-electron chi connectivity index (χ3n) is 2.10. The van der Waals surface area contributed by atoms with Crippen molar-refractivity contribution in [1.29, 1.82) is 5.26 Å². The minimum Gasteiger partial charge on any atom is -0.505 e. The molecule has 0 saturated carbocycles. The van der Waals surface area contributed by atoms with Gasteiger partial charge in [-0.2, -0.15) is 5.26 Å². The van der Waals surface area contributed by atoms with Crippen LogP contribution in [0.4, 0.5) is 4.39 Å². The molecule has 0 aliphatic heterocycles. The van der Waals surface area contributed by atoms with E-state index in [2.05, 4.69) is 4.98 Å². The van der Waals surface area contributed by atoms with E-state index in [1.807, 2.05) is 6.07 Å². The second kappa shape index (κ2) is 3.04. The molecule has 0 bridgehead atoms. The van der Waals surface area contributed by atoms with Gasteiger partial charge in [-0.3, -0.25) is 0 Å². The smallest absolute Gasteiger partial charge is 0.165 e. The Labute approximate surface area is 79.4 Å². The molecule has 0 atom stereocenters. The van der Waals surface area contributed by atoms with Crippen molar-refractivity contribution in [2.24, 2.45) is 0 Å². The van der Waals surface area contributed by atoms with Gasteiger partial charge in [0.1, 0.15) is 0 Å². The summed E-state index contributed by atoms with van der Waals surface area (Å²) >= 11 is 0. The summed E-state index contributed by atoms with van der Waals surface area (Å²) < 4.78 is 13.0. The second-order valence-electron chi connectivity index (χ2n) is 3.00. The van der Waals surface area contributed by atoms with E-state index in [0.29, 0.717) is 10.9 Å². The number of nitriles is 1. The molecular weight excluding hydrogens is 183 g/mol. The lowest BCUT2D eigenvalue weighted by atomic mass is 10.1. The molecule has 0 aliphatic carbocycles. The summed E-state index contributed by atoms with van der Waals surface area (Å²) in [6.45, 7) is 0. The van der Waals surface area contributed by atoms with Gasteiger partial charge in [0.25, 0.3) is 0 Å². The van der Waals surface area contributed by atoms with Gasteiger partial charge in [-0.05, 0) is 11.6 Å². The predicted molar refractivity (Wildman–Crippen MR) is 49.2 cm³/mol. The molecule has 0 fully saturated rings. The molecule has 0 saturated heterocycles. The van der Waals surface area contributed by atoms with Gasteiger partial charge in [0.05, 0.1) is 12.5 Å². The minimum absolute atomic E-state index is 0.226. The van der Waals surface area contributed by atoms with Crippen molar-refractivity contribution in [1.82, 2.24) is 4.98 Å². The molecule has 70 valence electrons. The third-order valence-corrected chi connectivity index (χ3v) is 2.10. The van der Waals surface area contributed by atoms with Gasteiger partial charge in [0.15, 0.2) is 11.6 Å². The van der Waals surface area contributed by atoms with Crippen LogP contribution < -0.4 is 0 Å². The normalized spacial score (nSPS) is 10.3. The maximum Gasteiger partial charge on any atom is 0.165 e. The van der Waals surface area contributed by atoms with Crippen LogP contribution in [-0.4, -0.2) is 10.1 Å². The molecule has 2 N–H and O–H groups in total. The molecule has 4 heteroatoms. The molecular formula is C10H7FN2O. The lowest BCUT2D eigenvalue weighted by Crippen LogP contribution is -1.80. The number of hydrogen-bond donors (Lipinski definition) is 2. The van der Waals surface area contributed by atoms with Gasteiger partial charge in [-0.25, -0.2) is 4.39 Å². The van der Waals surface area contributed by atoms with E-state index in [0.717, 1.165) is 5.56 Å². The molecule has 0 radical (unpaired) electrons. The Morgan fingerprint density at radius 1 is 1.50 bits per heavy atom. The SMILES string of the molecule is N#CCc1c[nH]c2cc(O)c(F)cc12. The number of aromatic nitrogens is 1. The van der Waals surface area contributed by atoms with E-state index in [9.17, 15) is 4.39 Å². The van der Waals surface area contributed by atoms with E-state index >= 15 is 0 Å². The number of halogens is 1. The molecule has 1 aromatic heterocycles. The Kier molecular flexibility index (Phi) is 1.86. The number of hydrogen-bond acceptors (Lipinski definition) is 2. The Morgan fingerprint density at radius 3 is 3.00 bits per heavy atom. The largest absolute Gasteiger partial charge is 0.505 e. The van der Waals surface area contributed by atoms with E-state index in [-0.39, 0.29) is 12.2 Å².